The van der Waals surface area contributed by atoms with Crippen LogP contribution in [0.5, 0.6) is 0 Å². The summed E-state index contributed by atoms with van der Waals surface area (Å²) in [4.78, 5) is 28.3. The maximum Gasteiger partial charge on any atom is 0.410 e. The summed E-state index contributed by atoms with van der Waals surface area (Å²) in [6.45, 7) is 11.3. The number of methoxy groups -OCH3 is 1. The van der Waals surface area contributed by atoms with Crippen LogP contribution in [-0.4, -0.2) is 66.3 Å². The highest BCUT2D eigenvalue weighted by atomic mass is 16.6. The van der Waals surface area contributed by atoms with Gasteiger partial charge < -0.3 is 14.4 Å². The molecule has 0 spiro atoms. The van der Waals surface area contributed by atoms with Gasteiger partial charge in [0.2, 0.25) is 5.91 Å². The van der Waals surface area contributed by atoms with E-state index in [9.17, 15) is 9.59 Å². The minimum absolute atomic E-state index is 0.0449. The average molecular weight is 328 g/mol. The Balaban J connectivity index is 2.55. The first-order chi connectivity index (χ1) is 10.7. The van der Waals surface area contributed by atoms with Gasteiger partial charge in [-0.1, -0.05) is 0 Å². The molecule has 0 unspecified atom stereocenters. The minimum Gasteiger partial charge on any atom is -0.444 e. The molecule has 0 saturated carbocycles. The third kappa shape index (κ3) is 6.37. The van der Waals surface area contributed by atoms with E-state index in [0.717, 1.165) is 12.8 Å². The number of hydrogen-bond acceptors (Lipinski definition) is 4. The van der Waals surface area contributed by atoms with Gasteiger partial charge in [-0.15, -0.1) is 0 Å². The first-order valence-electron chi connectivity index (χ1n) is 8.43. The van der Waals surface area contributed by atoms with Crippen LogP contribution in [0.15, 0.2) is 0 Å². The fourth-order valence-corrected chi connectivity index (χ4v) is 2.88. The Morgan fingerprint density at radius 3 is 2.13 bits per heavy atom. The molecule has 1 saturated heterocycles. The second-order valence-corrected chi connectivity index (χ2v) is 7.33. The molecule has 2 amide bonds. The Labute approximate surface area is 140 Å². The Kier molecular flexibility index (Phi) is 7.32. The SMILES string of the molecule is COCCCCC(=O)N1C[C@@H](C)N(C(=O)OC(C)(C)C)[C@@H](C)C1. The van der Waals surface area contributed by atoms with Gasteiger partial charge in [-0.25, -0.2) is 4.79 Å². The number of unbranched alkanes of at least 4 members (excludes halogenated alkanes) is 1. The minimum atomic E-state index is -0.509. The number of nitrogens with zero attached hydrogens (tertiary/aromatic N) is 2. The molecule has 0 aliphatic carbocycles. The lowest BCUT2D eigenvalue weighted by molar-refractivity contribution is -0.135. The maximum absolute atomic E-state index is 12.3. The summed E-state index contributed by atoms with van der Waals surface area (Å²) < 4.78 is 10.5. The van der Waals surface area contributed by atoms with Crippen LogP contribution >= 0.6 is 0 Å². The molecule has 6 nitrogen and oxygen atoms in total. The van der Waals surface area contributed by atoms with Crippen LogP contribution in [0.4, 0.5) is 4.79 Å². The maximum atomic E-state index is 12.3. The largest absolute Gasteiger partial charge is 0.444 e. The molecule has 0 aromatic carbocycles. The van der Waals surface area contributed by atoms with Gasteiger partial charge in [-0.3, -0.25) is 9.69 Å². The Morgan fingerprint density at radius 2 is 1.65 bits per heavy atom. The van der Waals surface area contributed by atoms with Crippen molar-refractivity contribution in [1.82, 2.24) is 9.80 Å². The van der Waals surface area contributed by atoms with Gasteiger partial charge in [0.15, 0.2) is 0 Å². The van der Waals surface area contributed by atoms with Gasteiger partial charge in [-0.2, -0.15) is 0 Å². The molecule has 6 heteroatoms. The van der Waals surface area contributed by atoms with E-state index in [0.29, 0.717) is 26.1 Å². The molecule has 134 valence electrons. The van der Waals surface area contributed by atoms with Crippen LogP contribution in [0.3, 0.4) is 0 Å². The zero-order valence-electron chi connectivity index (χ0n) is 15.4. The smallest absolute Gasteiger partial charge is 0.410 e. The van der Waals surface area contributed by atoms with Crippen molar-refractivity contribution in [3.63, 3.8) is 0 Å². The van der Waals surface area contributed by atoms with Crippen LogP contribution in [0.25, 0.3) is 0 Å². The summed E-state index contributed by atoms with van der Waals surface area (Å²) in [5, 5.41) is 0. The Morgan fingerprint density at radius 1 is 1.09 bits per heavy atom. The lowest BCUT2D eigenvalue weighted by Gasteiger charge is -2.44. The third-order valence-electron chi connectivity index (χ3n) is 3.87. The van der Waals surface area contributed by atoms with Gasteiger partial charge in [-0.05, 0) is 47.5 Å². The second kappa shape index (κ2) is 8.52. The number of piperazine rings is 1. The van der Waals surface area contributed by atoms with E-state index in [1.54, 1.807) is 12.0 Å². The molecule has 1 aliphatic heterocycles. The quantitative estimate of drug-likeness (QED) is 0.728. The van der Waals surface area contributed by atoms with Crippen LogP contribution in [0.1, 0.15) is 53.9 Å². The first-order valence-corrected chi connectivity index (χ1v) is 8.43. The second-order valence-electron chi connectivity index (χ2n) is 7.33. The van der Waals surface area contributed by atoms with Crippen molar-refractivity contribution in [2.75, 3.05) is 26.8 Å². The Hall–Kier alpha value is -1.30. The summed E-state index contributed by atoms with van der Waals surface area (Å²) >= 11 is 0. The summed E-state index contributed by atoms with van der Waals surface area (Å²) in [7, 11) is 1.67. The average Bonchev–Trinajstić information content (AvgIpc) is 2.40. The molecule has 1 fully saturated rings. The van der Waals surface area contributed by atoms with Crippen molar-refractivity contribution in [3.8, 4) is 0 Å². The van der Waals surface area contributed by atoms with Crippen molar-refractivity contribution in [3.05, 3.63) is 0 Å². The lowest BCUT2D eigenvalue weighted by atomic mass is 10.1. The molecule has 1 heterocycles. The molecular formula is C17H32N2O4. The van der Waals surface area contributed by atoms with Crippen LogP contribution in [-0.2, 0) is 14.3 Å². The number of carbonyl (C=O) groups is 2. The van der Waals surface area contributed by atoms with E-state index in [2.05, 4.69) is 0 Å². The topological polar surface area (TPSA) is 59.1 Å². The highest BCUT2D eigenvalue weighted by Gasteiger charge is 2.36. The number of amides is 2. The predicted molar refractivity (Wildman–Crippen MR) is 89.3 cm³/mol. The van der Waals surface area contributed by atoms with E-state index >= 15 is 0 Å². The standard InChI is InChI=1S/C17H32N2O4/c1-13-11-18(15(20)9-7-8-10-22-6)12-14(2)19(13)16(21)23-17(3,4)5/h13-14H,7-12H2,1-6H3/t13-,14+. The highest BCUT2D eigenvalue weighted by Crippen LogP contribution is 2.20. The zero-order valence-corrected chi connectivity index (χ0v) is 15.4. The molecule has 0 N–H and O–H groups in total. The molecule has 1 rings (SSSR count). The van der Waals surface area contributed by atoms with Gasteiger partial charge >= 0.3 is 6.09 Å². The number of ether oxygens (including phenoxy) is 2. The molecule has 0 aromatic rings. The van der Waals surface area contributed by atoms with Gasteiger partial charge in [0, 0.05) is 33.2 Å². The third-order valence-corrected chi connectivity index (χ3v) is 3.87. The molecule has 1 aliphatic rings. The summed E-state index contributed by atoms with van der Waals surface area (Å²) in [6.07, 6.45) is 1.96. The van der Waals surface area contributed by atoms with E-state index in [1.165, 1.54) is 0 Å². The van der Waals surface area contributed by atoms with E-state index < -0.39 is 5.60 Å². The normalized spacial score (nSPS) is 22.2. The molecule has 23 heavy (non-hydrogen) atoms. The van der Waals surface area contributed by atoms with E-state index in [1.807, 2.05) is 39.5 Å². The van der Waals surface area contributed by atoms with Crippen LogP contribution in [0, 0.1) is 0 Å². The molecule has 0 bridgehead atoms. The number of rotatable bonds is 5. The zero-order chi connectivity index (χ0) is 17.6. The summed E-state index contributed by atoms with van der Waals surface area (Å²) in [5.74, 6) is 0.156. The van der Waals surface area contributed by atoms with Crippen LogP contribution in [0.2, 0.25) is 0 Å². The molecular weight excluding hydrogens is 296 g/mol. The molecule has 0 aromatic heterocycles. The first kappa shape index (κ1) is 19.7. The number of carbonyl (C=O) groups excluding carboxylic acids is 2. The predicted octanol–water partition coefficient (Wildman–Crippen LogP) is 2.66. The van der Waals surface area contributed by atoms with Gasteiger partial charge in [0.1, 0.15) is 5.60 Å². The van der Waals surface area contributed by atoms with E-state index in [-0.39, 0.29) is 24.1 Å². The summed E-state index contributed by atoms with van der Waals surface area (Å²) in [6, 6.07) is -0.0898. The lowest BCUT2D eigenvalue weighted by Crippen LogP contribution is -2.60. The van der Waals surface area contributed by atoms with Crippen molar-refractivity contribution < 1.29 is 19.1 Å². The van der Waals surface area contributed by atoms with Crippen molar-refractivity contribution in [2.45, 2.75) is 71.6 Å². The van der Waals surface area contributed by atoms with Crippen molar-refractivity contribution in [1.29, 1.82) is 0 Å². The van der Waals surface area contributed by atoms with Crippen molar-refractivity contribution >= 4 is 12.0 Å². The fourth-order valence-electron chi connectivity index (χ4n) is 2.88. The van der Waals surface area contributed by atoms with Gasteiger partial charge in [0.05, 0.1) is 12.1 Å². The molecule has 0 radical (unpaired) electrons. The Bertz CT molecular complexity index is 394. The monoisotopic (exact) mass is 328 g/mol. The summed E-state index contributed by atoms with van der Waals surface area (Å²) in [5.41, 5.74) is -0.509. The molecule has 2 atom stereocenters. The van der Waals surface area contributed by atoms with Crippen LogP contribution < -0.4 is 0 Å². The van der Waals surface area contributed by atoms with Crippen molar-refractivity contribution in [2.24, 2.45) is 0 Å². The highest BCUT2D eigenvalue weighted by molar-refractivity contribution is 5.77. The van der Waals surface area contributed by atoms with E-state index in [4.69, 9.17) is 9.47 Å². The fraction of sp³-hybridized carbons (Fsp3) is 0.882. The van der Waals surface area contributed by atoms with Gasteiger partial charge in [0.25, 0.3) is 0 Å². The number of hydrogen-bond donors (Lipinski definition) is 0.